The van der Waals surface area contributed by atoms with Crippen molar-refractivity contribution in [2.75, 3.05) is 6.61 Å². The van der Waals surface area contributed by atoms with E-state index < -0.39 is 83.7 Å². The van der Waals surface area contributed by atoms with Crippen LogP contribution < -0.4 is 10.2 Å². The Bertz CT molecular complexity index is 2250. The number of aliphatic hydroxyl groups excluding tert-OH is 1. The first-order chi connectivity index (χ1) is 25.0. The van der Waals surface area contributed by atoms with E-state index in [0.717, 1.165) is 12.1 Å². The second-order valence-corrected chi connectivity index (χ2v) is 12.9. The first-order valence-corrected chi connectivity index (χ1v) is 16.3. The zero-order valence-corrected chi connectivity index (χ0v) is 26.9. The third-order valence-corrected chi connectivity index (χ3v) is 9.87. The minimum absolute atomic E-state index is 0.00452. The quantitative estimate of drug-likeness (QED) is 0.143. The topological polar surface area (TPSA) is 223 Å². The number of benzene rings is 4. The van der Waals surface area contributed by atoms with Crippen molar-refractivity contribution in [3.05, 3.63) is 106 Å². The number of aliphatic hydroxyl groups is 1. The maximum absolute atomic E-state index is 14.2. The van der Waals surface area contributed by atoms with Crippen molar-refractivity contribution in [1.82, 2.24) is 0 Å². The van der Waals surface area contributed by atoms with Crippen LogP contribution in [0.15, 0.2) is 94.1 Å². The molecule has 5 aromatic rings. The molecule has 266 valence electrons. The largest absolute Gasteiger partial charge is 0.508 e. The van der Waals surface area contributed by atoms with Crippen LogP contribution in [0.25, 0.3) is 22.3 Å². The van der Waals surface area contributed by atoms with Crippen LogP contribution in [-0.4, -0.2) is 73.8 Å². The molecule has 2 aliphatic heterocycles. The first kappa shape index (κ1) is 32.9. The average Bonchev–Trinajstić information content (AvgIpc) is 3.38. The van der Waals surface area contributed by atoms with Crippen molar-refractivity contribution < 1.29 is 63.6 Å². The smallest absolute Gasteiger partial charge is 0.311 e. The number of hydrogen-bond donors (Lipinski definition) is 6. The Morgan fingerprint density at radius 1 is 0.654 bits per heavy atom. The van der Waals surface area contributed by atoms with Crippen molar-refractivity contribution in [1.29, 1.82) is 0 Å². The number of fused-ring (bicyclic) bond motifs is 4. The van der Waals surface area contributed by atoms with Gasteiger partial charge < -0.3 is 54.0 Å². The van der Waals surface area contributed by atoms with Crippen LogP contribution in [0.4, 0.5) is 0 Å². The Balaban J connectivity index is 1.19. The molecule has 1 aromatic heterocycles. The van der Waals surface area contributed by atoms with E-state index in [1.165, 1.54) is 48.5 Å². The summed E-state index contributed by atoms with van der Waals surface area (Å²) in [6.07, 6.45) is -6.07. The number of rotatable bonds is 5. The third kappa shape index (κ3) is 5.48. The van der Waals surface area contributed by atoms with Crippen LogP contribution in [0.2, 0.25) is 0 Å². The van der Waals surface area contributed by atoms with E-state index in [1.807, 2.05) is 0 Å². The number of ether oxygens (including phenoxy) is 4. The molecule has 3 aliphatic rings. The summed E-state index contributed by atoms with van der Waals surface area (Å²) in [7, 11) is 0. The fourth-order valence-corrected chi connectivity index (χ4v) is 7.39. The van der Waals surface area contributed by atoms with Gasteiger partial charge in [-0.1, -0.05) is 24.3 Å². The number of aromatic hydroxyl groups is 5. The minimum Gasteiger partial charge on any atom is -0.508 e. The molecule has 0 amide bonds. The average molecular weight is 711 g/mol. The molecule has 8 atom stereocenters. The molecule has 1 saturated carbocycles. The van der Waals surface area contributed by atoms with Crippen LogP contribution in [0.1, 0.15) is 23.0 Å². The van der Waals surface area contributed by atoms with Crippen LogP contribution in [0.3, 0.4) is 0 Å². The summed E-state index contributed by atoms with van der Waals surface area (Å²) in [4.78, 5) is 41.9. The monoisotopic (exact) mass is 710 g/mol. The maximum atomic E-state index is 14.2. The van der Waals surface area contributed by atoms with Gasteiger partial charge in [0.25, 0.3) is 0 Å². The van der Waals surface area contributed by atoms with Gasteiger partial charge in [-0.3, -0.25) is 14.4 Å². The summed E-state index contributed by atoms with van der Waals surface area (Å²) in [6, 6.07) is 19.9. The normalized spacial score (nSPS) is 26.9. The molecule has 8 rings (SSSR count). The summed E-state index contributed by atoms with van der Waals surface area (Å²) in [6.45, 7) is -0.472. The summed E-state index contributed by atoms with van der Waals surface area (Å²) in [5.41, 5.74) is 0.391. The van der Waals surface area contributed by atoms with Gasteiger partial charge in [0.15, 0.2) is 11.9 Å². The zero-order valence-electron chi connectivity index (χ0n) is 26.9. The van der Waals surface area contributed by atoms with E-state index in [2.05, 4.69) is 0 Å². The minimum atomic E-state index is -1.66. The Kier molecular flexibility index (Phi) is 7.92. The number of hydrogen-bond acceptors (Lipinski definition) is 14. The molecule has 52 heavy (non-hydrogen) atoms. The highest BCUT2D eigenvalue weighted by Crippen LogP contribution is 2.59. The van der Waals surface area contributed by atoms with Crippen LogP contribution >= 0.6 is 0 Å². The van der Waals surface area contributed by atoms with E-state index in [0.29, 0.717) is 11.1 Å². The molecule has 2 saturated heterocycles. The molecule has 3 fully saturated rings. The molecule has 14 nitrogen and oxygen atoms in total. The molecule has 1 aliphatic carbocycles. The molecule has 14 heteroatoms. The lowest BCUT2D eigenvalue weighted by molar-refractivity contribution is -0.185. The molecule has 4 aromatic carbocycles. The molecule has 2 bridgehead atoms. The third-order valence-electron chi connectivity index (χ3n) is 9.87. The highest BCUT2D eigenvalue weighted by Gasteiger charge is 2.62. The van der Waals surface area contributed by atoms with Gasteiger partial charge >= 0.3 is 11.9 Å². The van der Waals surface area contributed by atoms with Crippen LogP contribution in [0, 0.1) is 11.8 Å². The lowest BCUT2D eigenvalue weighted by Crippen LogP contribution is -2.55. The highest BCUT2D eigenvalue weighted by molar-refractivity contribution is 5.89. The highest BCUT2D eigenvalue weighted by atomic mass is 16.7. The van der Waals surface area contributed by atoms with E-state index in [-0.39, 0.29) is 45.3 Å². The number of cyclic esters (lactones) is 1. The Morgan fingerprint density at radius 2 is 1.21 bits per heavy atom. The summed E-state index contributed by atoms with van der Waals surface area (Å²) in [5, 5.41) is 61.4. The van der Waals surface area contributed by atoms with Gasteiger partial charge in [-0.25, -0.2) is 0 Å². The van der Waals surface area contributed by atoms with E-state index in [4.69, 9.17) is 23.4 Å². The molecule has 3 heterocycles. The van der Waals surface area contributed by atoms with E-state index in [1.54, 1.807) is 24.3 Å². The lowest BCUT2D eigenvalue weighted by atomic mass is 9.52. The number of phenolic OH excluding ortho intramolecular Hbond substituents is 5. The molecular weight excluding hydrogens is 680 g/mol. The second-order valence-electron chi connectivity index (χ2n) is 12.9. The van der Waals surface area contributed by atoms with Gasteiger partial charge in [0.05, 0.1) is 11.8 Å². The summed E-state index contributed by atoms with van der Waals surface area (Å²) >= 11 is 0. The standard InChI is InChI=1S/C38H30O14/c39-19-7-1-16(2-8-19)26-27(17-3-9-20(40)10-4-17)30-29(26)36(46)48-15-25-31(44)35(51-37(30)47)38(50-25)52-34-32(45)28-23(43)13-22(42)14-24(28)49-33(34)18-5-11-21(41)12-6-18/h1-14,25-27,29-31,35,38-44H,15H2/t25-,26-,27+,29+,30-,31-,35+,38-/m0/s1. The predicted molar refractivity (Wildman–Crippen MR) is 178 cm³/mol. The van der Waals surface area contributed by atoms with Crippen LogP contribution in [-0.2, 0) is 23.8 Å². The molecular formula is C38H30O14. The maximum Gasteiger partial charge on any atom is 0.311 e. The predicted octanol–water partition coefficient (Wildman–Crippen LogP) is 3.73. The van der Waals surface area contributed by atoms with Gasteiger partial charge in [0.1, 0.15) is 58.5 Å². The fraction of sp³-hybridized carbons (Fsp3) is 0.237. The van der Waals surface area contributed by atoms with Gasteiger partial charge in [0.2, 0.25) is 17.5 Å². The van der Waals surface area contributed by atoms with Crippen molar-refractivity contribution in [2.45, 2.75) is 36.4 Å². The van der Waals surface area contributed by atoms with E-state index >= 15 is 0 Å². The van der Waals surface area contributed by atoms with E-state index in [9.17, 15) is 45.0 Å². The van der Waals surface area contributed by atoms with Crippen molar-refractivity contribution in [3.8, 4) is 45.8 Å². The number of esters is 2. The Labute approximate surface area is 293 Å². The SMILES string of the molecule is O=C1O[C@H]2[C@H](Oc3c(-c4ccc(O)cc4)oc4cc(O)cc(O)c4c3=O)O[C@@H](COC(=O)[C@H]3[C@@H]1[C@H](c1ccc(O)cc1)[C@@H]3c1ccc(O)cc1)[C@@H]2O. The number of carbonyl (C=O) groups excluding carboxylic acids is 2. The molecule has 0 unspecified atom stereocenters. The molecule has 0 spiro atoms. The lowest BCUT2D eigenvalue weighted by Gasteiger charge is -2.50. The molecule has 6 N–H and O–H groups in total. The summed E-state index contributed by atoms with van der Waals surface area (Å²) < 4.78 is 29.5. The second kappa shape index (κ2) is 12.5. The van der Waals surface area contributed by atoms with Gasteiger partial charge in [-0.2, -0.15) is 0 Å². The summed E-state index contributed by atoms with van der Waals surface area (Å²) in [5.74, 6) is -6.91. The van der Waals surface area contributed by atoms with Gasteiger partial charge in [-0.05, 0) is 59.7 Å². The number of phenols is 5. The van der Waals surface area contributed by atoms with Crippen molar-refractivity contribution in [3.63, 3.8) is 0 Å². The number of carbonyl (C=O) groups is 2. The van der Waals surface area contributed by atoms with Crippen molar-refractivity contribution >= 4 is 22.9 Å². The molecule has 0 radical (unpaired) electrons. The van der Waals surface area contributed by atoms with Crippen LogP contribution in [0.5, 0.6) is 34.5 Å². The van der Waals surface area contributed by atoms with Crippen molar-refractivity contribution in [2.24, 2.45) is 11.8 Å². The fourth-order valence-electron chi connectivity index (χ4n) is 7.39. The Morgan fingerprint density at radius 3 is 1.81 bits per heavy atom. The first-order valence-electron chi connectivity index (χ1n) is 16.3. The Hall–Kier alpha value is -6.25. The van der Waals surface area contributed by atoms with Gasteiger partial charge in [-0.15, -0.1) is 0 Å². The van der Waals surface area contributed by atoms with Gasteiger partial charge in [0, 0.05) is 29.5 Å². The zero-order chi connectivity index (χ0) is 36.4.